The minimum Gasteiger partial charge on any atom is -0.350 e. The monoisotopic (exact) mass is 414 g/mol. The molecule has 0 atom stereocenters. The molecule has 0 radical (unpaired) electrons. The second-order valence-electron chi connectivity index (χ2n) is 4.65. The van der Waals surface area contributed by atoms with Crippen LogP contribution >= 0.6 is 39.1 Å². The molecule has 0 spiro atoms. The highest BCUT2D eigenvalue weighted by molar-refractivity contribution is 9.10. The predicted molar refractivity (Wildman–Crippen MR) is 95.3 cm³/mol. The Balaban J connectivity index is 1.79. The zero-order chi connectivity index (χ0) is 16.8. The molecule has 2 aromatic carbocycles. The molecule has 0 saturated heterocycles. The van der Waals surface area contributed by atoms with Crippen LogP contribution in [-0.4, -0.2) is 24.9 Å². The lowest BCUT2D eigenvalue weighted by atomic mass is 10.2. The molecule has 0 aliphatic rings. The first kappa shape index (κ1) is 17.8. The highest BCUT2D eigenvalue weighted by Crippen LogP contribution is 2.22. The summed E-state index contributed by atoms with van der Waals surface area (Å²) in [5.41, 5.74) is 0.966. The van der Waals surface area contributed by atoms with Gasteiger partial charge in [-0.25, -0.2) is 0 Å². The lowest BCUT2D eigenvalue weighted by Gasteiger charge is -2.08. The third-order valence-corrected chi connectivity index (χ3v) is 4.20. The first-order chi connectivity index (χ1) is 11.0. The molecule has 0 heterocycles. The van der Waals surface area contributed by atoms with Gasteiger partial charge in [0.15, 0.2) is 0 Å². The van der Waals surface area contributed by atoms with E-state index in [1.165, 1.54) is 6.07 Å². The molecule has 4 nitrogen and oxygen atoms in total. The first-order valence-electron chi connectivity index (χ1n) is 6.74. The van der Waals surface area contributed by atoms with Crippen LogP contribution in [0.1, 0.15) is 20.7 Å². The van der Waals surface area contributed by atoms with Crippen molar-refractivity contribution in [2.75, 3.05) is 13.1 Å². The Morgan fingerprint density at radius 2 is 1.48 bits per heavy atom. The number of carbonyl (C=O) groups excluding carboxylic acids is 2. The van der Waals surface area contributed by atoms with Gasteiger partial charge in [-0.2, -0.15) is 0 Å². The predicted octanol–water partition coefficient (Wildman–Crippen LogP) is 3.92. The highest BCUT2D eigenvalue weighted by Gasteiger charge is 2.08. The number of benzene rings is 2. The van der Waals surface area contributed by atoms with E-state index >= 15 is 0 Å². The fourth-order valence-electron chi connectivity index (χ4n) is 1.82. The molecule has 120 valence electrons. The van der Waals surface area contributed by atoms with E-state index < -0.39 is 0 Å². The highest BCUT2D eigenvalue weighted by atomic mass is 79.9. The maximum absolute atomic E-state index is 11.9. The van der Waals surface area contributed by atoms with Crippen LogP contribution in [0.5, 0.6) is 0 Å². The van der Waals surface area contributed by atoms with Crippen LogP contribution in [0.3, 0.4) is 0 Å². The standard InChI is InChI=1S/C16H13BrCl2N2O2/c17-12-3-1-2-10(8-12)15(22)20-6-7-21-16(23)11-4-5-13(18)14(19)9-11/h1-5,8-9H,6-7H2,(H,20,22)(H,21,23). The van der Waals surface area contributed by atoms with Crippen LogP contribution in [-0.2, 0) is 0 Å². The number of hydrogen-bond donors (Lipinski definition) is 2. The maximum Gasteiger partial charge on any atom is 0.251 e. The van der Waals surface area contributed by atoms with Crippen LogP contribution in [0.15, 0.2) is 46.9 Å². The summed E-state index contributed by atoms with van der Waals surface area (Å²) in [5.74, 6) is -0.477. The third kappa shape index (κ3) is 5.23. The van der Waals surface area contributed by atoms with Gasteiger partial charge in [-0.1, -0.05) is 45.2 Å². The fourth-order valence-corrected chi connectivity index (χ4v) is 2.52. The van der Waals surface area contributed by atoms with E-state index in [1.54, 1.807) is 30.3 Å². The molecule has 7 heteroatoms. The van der Waals surface area contributed by atoms with E-state index in [1.807, 2.05) is 6.07 Å². The normalized spacial score (nSPS) is 10.2. The Kier molecular flexibility index (Phi) is 6.45. The van der Waals surface area contributed by atoms with Gasteiger partial charge < -0.3 is 10.6 Å². The molecule has 23 heavy (non-hydrogen) atoms. The SMILES string of the molecule is O=C(NCCNC(=O)c1ccc(Cl)c(Cl)c1)c1cccc(Br)c1. The Morgan fingerprint density at radius 3 is 2.04 bits per heavy atom. The molecule has 0 bridgehead atoms. The van der Waals surface area contributed by atoms with E-state index in [9.17, 15) is 9.59 Å². The van der Waals surface area contributed by atoms with Crippen molar-refractivity contribution >= 4 is 50.9 Å². The first-order valence-corrected chi connectivity index (χ1v) is 8.29. The van der Waals surface area contributed by atoms with Crippen LogP contribution in [0, 0.1) is 0 Å². The van der Waals surface area contributed by atoms with Crippen LogP contribution in [0.25, 0.3) is 0 Å². The summed E-state index contributed by atoms with van der Waals surface area (Å²) in [6.45, 7) is 0.622. The second kappa shape index (κ2) is 8.34. The van der Waals surface area contributed by atoms with Crippen molar-refractivity contribution in [2.45, 2.75) is 0 Å². The molecule has 2 N–H and O–H groups in total. The topological polar surface area (TPSA) is 58.2 Å². The Hall–Kier alpha value is -1.56. The molecule has 2 rings (SSSR count). The van der Waals surface area contributed by atoms with Gasteiger partial charge in [0.1, 0.15) is 0 Å². The van der Waals surface area contributed by atoms with E-state index in [0.717, 1.165) is 4.47 Å². The summed E-state index contributed by atoms with van der Waals surface area (Å²) < 4.78 is 0.832. The number of carbonyl (C=O) groups is 2. The minimum absolute atomic E-state index is 0.199. The summed E-state index contributed by atoms with van der Waals surface area (Å²) in [4.78, 5) is 23.9. The zero-order valence-electron chi connectivity index (χ0n) is 11.9. The smallest absolute Gasteiger partial charge is 0.251 e. The average Bonchev–Trinajstić information content (AvgIpc) is 2.53. The molecule has 0 saturated carbocycles. The van der Waals surface area contributed by atoms with Crippen molar-refractivity contribution in [1.82, 2.24) is 10.6 Å². The Morgan fingerprint density at radius 1 is 0.870 bits per heavy atom. The van der Waals surface area contributed by atoms with Crippen LogP contribution in [0.4, 0.5) is 0 Å². The molecule has 0 unspecified atom stereocenters. The van der Waals surface area contributed by atoms with Crippen molar-refractivity contribution in [3.8, 4) is 0 Å². The van der Waals surface area contributed by atoms with Crippen molar-refractivity contribution in [3.63, 3.8) is 0 Å². The van der Waals surface area contributed by atoms with Crippen LogP contribution < -0.4 is 10.6 Å². The van der Waals surface area contributed by atoms with Crippen LogP contribution in [0.2, 0.25) is 10.0 Å². The van der Waals surface area contributed by atoms with Gasteiger partial charge in [0, 0.05) is 28.7 Å². The quantitative estimate of drug-likeness (QED) is 0.727. The van der Waals surface area contributed by atoms with Crippen molar-refractivity contribution < 1.29 is 9.59 Å². The van der Waals surface area contributed by atoms with Gasteiger partial charge in [0.2, 0.25) is 0 Å². The Labute approximate surface area is 152 Å². The zero-order valence-corrected chi connectivity index (χ0v) is 15.0. The summed E-state index contributed by atoms with van der Waals surface area (Å²) in [7, 11) is 0. The van der Waals surface area contributed by atoms with Gasteiger partial charge in [-0.05, 0) is 36.4 Å². The summed E-state index contributed by atoms with van der Waals surface area (Å²) in [6.07, 6.45) is 0. The summed E-state index contributed by atoms with van der Waals surface area (Å²) >= 11 is 15.0. The fraction of sp³-hybridized carbons (Fsp3) is 0.125. The Bertz CT molecular complexity index is 738. The van der Waals surface area contributed by atoms with E-state index in [0.29, 0.717) is 34.3 Å². The molecule has 2 amide bonds. The lowest BCUT2D eigenvalue weighted by molar-refractivity contribution is 0.0927. The van der Waals surface area contributed by atoms with Gasteiger partial charge in [-0.15, -0.1) is 0 Å². The van der Waals surface area contributed by atoms with Gasteiger partial charge in [0.05, 0.1) is 10.0 Å². The lowest BCUT2D eigenvalue weighted by Crippen LogP contribution is -2.34. The average molecular weight is 416 g/mol. The number of rotatable bonds is 5. The number of nitrogens with one attached hydrogen (secondary N) is 2. The second-order valence-corrected chi connectivity index (χ2v) is 6.38. The van der Waals surface area contributed by atoms with E-state index in [-0.39, 0.29) is 11.8 Å². The van der Waals surface area contributed by atoms with Crippen molar-refractivity contribution in [3.05, 3.63) is 68.1 Å². The van der Waals surface area contributed by atoms with Gasteiger partial charge in [0.25, 0.3) is 11.8 Å². The maximum atomic E-state index is 11.9. The summed E-state index contributed by atoms with van der Waals surface area (Å²) in [6, 6.07) is 11.7. The number of hydrogen-bond acceptors (Lipinski definition) is 2. The number of amides is 2. The van der Waals surface area contributed by atoms with E-state index in [2.05, 4.69) is 26.6 Å². The largest absolute Gasteiger partial charge is 0.350 e. The third-order valence-electron chi connectivity index (χ3n) is 2.96. The van der Waals surface area contributed by atoms with Crippen molar-refractivity contribution in [1.29, 1.82) is 0 Å². The summed E-state index contributed by atoms with van der Waals surface area (Å²) in [5, 5.41) is 6.15. The molecule has 0 aromatic heterocycles. The molecular formula is C16H13BrCl2N2O2. The molecule has 0 aliphatic carbocycles. The molecular weight excluding hydrogens is 403 g/mol. The number of halogens is 3. The molecule has 2 aromatic rings. The van der Waals surface area contributed by atoms with E-state index in [4.69, 9.17) is 23.2 Å². The van der Waals surface area contributed by atoms with Gasteiger partial charge in [-0.3, -0.25) is 9.59 Å². The van der Waals surface area contributed by atoms with Crippen molar-refractivity contribution in [2.24, 2.45) is 0 Å². The molecule has 0 aliphatic heterocycles. The van der Waals surface area contributed by atoms with Gasteiger partial charge >= 0.3 is 0 Å². The molecule has 0 fully saturated rings. The minimum atomic E-state index is -0.278.